The Morgan fingerprint density at radius 1 is 1.00 bits per heavy atom. The Labute approximate surface area is 145 Å². The molecule has 0 saturated carbocycles. The number of benzene rings is 1. The van der Waals surface area contributed by atoms with Gasteiger partial charge in [0, 0.05) is 19.5 Å². The van der Waals surface area contributed by atoms with Crippen molar-refractivity contribution in [2.75, 3.05) is 11.4 Å². The average molecular weight is 339 g/mol. The monoisotopic (exact) mass is 339 g/mol. The molecular weight excluding hydrogens is 318 g/mol. The Morgan fingerprint density at radius 2 is 1.92 bits per heavy atom. The van der Waals surface area contributed by atoms with E-state index in [1.54, 1.807) is 11.3 Å². The summed E-state index contributed by atoms with van der Waals surface area (Å²) in [5, 5.41) is 10.2. The lowest BCUT2D eigenvalue weighted by Gasteiger charge is -2.35. The van der Waals surface area contributed by atoms with Crippen LogP contribution in [0.1, 0.15) is 49.8 Å². The molecule has 0 radical (unpaired) electrons. The van der Waals surface area contributed by atoms with E-state index in [1.165, 1.54) is 36.2 Å². The minimum absolute atomic E-state index is 0.318. The maximum Gasteiger partial charge on any atom is 0.187 e. The van der Waals surface area contributed by atoms with Crippen LogP contribution in [-0.2, 0) is 13.0 Å². The Morgan fingerprint density at radius 3 is 2.88 bits per heavy atom. The molecule has 0 bridgehead atoms. The van der Waals surface area contributed by atoms with Crippen molar-refractivity contribution < 1.29 is 0 Å². The number of anilines is 1. The van der Waals surface area contributed by atoms with Crippen LogP contribution in [0, 0.1) is 0 Å². The number of para-hydroxylation sites is 1. The van der Waals surface area contributed by atoms with Crippen molar-refractivity contribution in [1.29, 1.82) is 0 Å². The molecule has 2 aromatic heterocycles. The molecule has 3 aromatic rings. The third-order valence-corrected chi connectivity index (χ3v) is 6.29. The second-order valence-electron chi connectivity index (χ2n) is 6.75. The fourth-order valence-corrected chi connectivity index (χ4v) is 5.03. The summed E-state index contributed by atoms with van der Waals surface area (Å²) in [5.41, 5.74) is 1.10. The van der Waals surface area contributed by atoms with Crippen molar-refractivity contribution in [3.8, 4) is 0 Å². The Hall–Kier alpha value is -1.95. The molecule has 0 aliphatic carbocycles. The number of hydrogen-bond donors (Lipinski definition) is 0. The van der Waals surface area contributed by atoms with Gasteiger partial charge in [-0.1, -0.05) is 23.5 Å². The zero-order valence-corrected chi connectivity index (χ0v) is 14.5. The maximum absolute atomic E-state index is 4.90. The molecule has 124 valence electrons. The highest BCUT2D eigenvalue weighted by Gasteiger charge is 2.31. The van der Waals surface area contributed by atoms with E-state index in [2.05, 4.69) is 43.9 Å². The zero-order chi connectivity index (χ0) is 15.9. The van der Waals surface area contributed by atoms with Crippen LogP contribution in [0.15, 0.2) is 24.3 Å². The van der Waals surface area contributed by atoms with E-state index in [1.807, 2.05) is 0 Å². The second kappa shape index (κ2) is 5.84. The minimum Gasteiger partial charge on any atom is -0.338 e. The zero-order valence-electron chi connectivity index (χ0n) is 13.7. The molecule has 0 amide bonds. The molecule has 1 fully saturated rings. The van der Waals surface area contributed by atoms with E-state index in [9.17, 15) is 0 Å². The molecule has 5 nitrogen and oxygen atoms in total. The molecular formula is C18H21N5S. The van der Waals surface area contributed by atoms with Gasteiger partial charge in [-0.15, -0.1) is 10.2 Å². The highest BCUT2D eigenvalue weighted by Crippen LogP contribution is 2.38. The average Bonchev–Trinajstić information content (AvgIpc) is 3.26. The largest absolute Gasteiger partial charge is 0.338 e. The molecule has 4 heterocycles. The summed E-state index contributed by atoms with van der Waals surface area (Å²) >= 11 is 1.80. The molecule has 0 N–H and O–H groups in total. The van der Waals surface area contributed by atoms with Gasteiger partial charge in [0.05, 0.1) is 16.3 Å². The molecule has 24 heavy (non-hydrogen) atoms. The predicted molar refractivity (Wildman–Crippen MR) is 96.5 cm³/mol. The van der Waals surface area contributed by atoms with E-state index in [-0.39, 0.29) is 0 Å². The van der Waals surface area contributed by atoms with Crippen molar-refractivity contribution in [3.63, 3.8) is 0 Å². The minimum atomic E-state index is 0.318. The summed E-state index contributed by atoms with van der Waals surface area (Å²) in [6.45, 7) is 2.13. The summed E-state index contributed by atoms with van der Waals surface area (Å²) in [4.78, 5) is 7.37. The van der Waals surface area contributed by atoms with Crippen LogP contribution in [0.25, 0.3) is 10.2 Å². The summed E-state index contributed by atoms with van der Waals surface area (Å²) in [6.07, 6.45) is 7.19. The van der Waals surface area contributed by atoms with Crippen LogP contribution in [0.3, 0.4) is 0 Å². The van der Waals surface area contributed by atoms with Crippen LogP contribution < -0.4 is 4.90 Å². The first-order valence-electron chi connectivity index (χ1n) is 8.94. The third kappa shape index (κ3) is 2.32. The SMILES string of the molecule is c1ccc2sc(N3CCCCC3c3nnc4n3CCCC4)nc2c1. The van der Waals surface area contributed by atoms with Crippen molar-refractivity contribution >= 4 is 26.7 Å². The number of hydrogen-bond acceptors (Lipinski definition) is 5. The van der Waals surface area contributed by atoms with Crippen LogP contribution in [0.5, 0.6) is 0 Å². The summed E-state index contributed by atoms with van der Waals surface area (Å²) in [6, 6.07) is 8.74. The van der Waals surface area contributed by atoms with Gasteiger partial charge in [-0.2, -0.15) is 0 Å². The van der Waals surface area contributed by atoms with Crippen LogP contribution in [0.4, 0.5) is 5.13 Å². The van der Waals surface area contributed by atoms with Crippen molar-refractivity contribution in [1.82, 2.24) is 19.7 Å². The van der Waals surface area contributed by atoms with Crippen molar-refractivity contribution in [2.45, 2.75) is 51.1 Å². The Balaban J connectivity index is 1.55. The quantitative estimate of drug-likeness (QED) is 0.709. The molecule has 2 aliphatic heterocycles. The number of rotatable bonds is 2. The number of fused-ring (bicyclic) bond motifs is 2. The van der Waals surface area contributed by atoms with E-state index in [0.29, 0.717) is 6.04 Å². The normalized spacial score (nSPS) is 21.2. The Bertz CT molecular complexity index is 834. The van der Waals surface area contributed by atoms with Crippen LogP contribution in [0.2, 0.25) is 0 Å². The summed E-state index contributed by atoms with van der Waals surface area (Å²) < 4.78 is 3.64. The van der Waals surface area contributed by atoms with Crippen LogP contribution in [-0.4, -0.2) is 26.3 Å². The Kier molecular flexibility index (Phi) is 3.51. The molecule has 1 saturated heterocycles. The lowest BCUT2D eigenvalue weighted by molar-refractivity contribution is 0.423. The smallest absolute Gasteiger partial charge is 0.187 e. The molecule has 2 aliphatic rings. The number of aromatic nitrogens is 4. The highest BCUT2D eigenvalue weighted by atomic mass is 32.1. The number of thiazole rings is 1. The van der Waals surface area contributed by atoms with E-state index < -0.39 is 0 Å². The molecule has 6 heteroatoms. The predicted octanol–water partition coefficient (Wildman–Crippen LogP) is 3.96. The van der Waals surface area contributed by atoms with Gasteiger partial charge in [0.25, 0.3) is 0 Å². The number of piperidine rings is 1. The summed E-state index contributed by atoms with van der Waals surface area (Å²) in [5.74, 6) is 2.33. The fourth-order valence-electron chi connectivity index (χ4n) is 3.99. The van der Waals surface area contributed by atoms with Gasteiger partial charge in [-0.3, -0.25) is 0 Å². The lowest BCUT2D eigenvalue weighted by atomic mass is 10.0. The first-order chi connectivity index (χ1) is 11.9. The third-order valence-electron chi connectivity index (χ3n) is 5.22. The molecule has 1 atom stereocenters. The maximum atomic E-state index is 4.90. The molecule has 1 aromatic carbocycles. The van der Waals surface area contributed by atoms with Gasteiger partial charge in [0.2, 0.25) is 0 Å². The first kappa shape index (κ1) is 14.4. The molecule has 0 spiro atoms. The van der Waals surface area contributed by atoms with Gasteiger partial charge in [0.1, 0.15) is 5.82 Å². The highest BCUT2D eigenvalue weighted by molar-refractivity contribution is 7.22. The molecule has 5 rings (SSSR count). The lowest BCUT2D eigenvalue weighted by Crippen LogP contribution is -2.35. The van der Waals surface area contributed by atoms with Crippen molar-refractivity contribution in [2.24, 2.45) is 0 Å². The van der Waals surface area contributed by atoms with E-state index in [0.717, 1.165) is 42.4 Å². The fraction of sp³-hybridized carbons (Fsp3) is 0.500. The van der Waals surface area contributed by atoms with Crippen molar-refractivity contribution in [3.05, 3.63) is 35.9 Å². The molecule has 1 unspecified atom stereocenters. The van der Waals surface area contributed by atoms with Gasteiger partial charge in [-0.25, -0.2) is 4.98 Å². The number of nitrogens with zero attached hydrogens (tertiary/aromatic N) is 5. The second-order valence-corrected chi connectivity index (χ2v) is 7.76. The van der Waals surface area contributed by atoms with E-state index in [4.69, 9.17) is 4.98 Å². The van der Waals surface area contributed by atoms with Gasteiger partial charge in [0.15, 0.2) is 11.0 Å². The van der Waals surface area contributed by atoms with Gasteiger partial charge in [-0.05, 0) is 44.2 Å². The van der Waals surface area contributed by atoms with Gasteiger partial charge >= 0.3 is 0 Å². The van der Waals surface area contributed by atoms with E-state index >= 15 is 0 Å². The van der Waals surface area contributed by atoms with Crippen LogP contribution >= 0.6 is 11.3 Å². The first-order valence-corrected chi connectivity index (χ1v) is 9.76. The standard InChI is InChI=1S/C18H21N5S/c1-2-9-15-13(7-1)19-18(24-15)22-11-5-3-8-14(22)17-21-20-16-10-4-6-12-23(16)17/h1-2,7,9,14H,3-6,8,10-12H2. The number of aryl methyl sites for hydroxylation is 1. The summed E-state index contributed by atoms with van der Waals surface area (Å²) in [7, 11) is 0. The van der Waals surface area contributed by atoms with Gasteiger partial charge < -0.3 is 9.47 Å². The topological polar surface area (TPSA) is 46.8 Å².